The summed E-state index contributed by atoms with van der Waals surface area (Å²) >= 11 is 0. The average molecular weight is 884 g/mol. The Balaban J connectivity index is 5.11. The molecule has 0 aromatic heterocycles. The highest BCUT2D eigenvalue weighted by atomic mass is 16.6. The first-order valence-corrected chi connectivity index (χ1v) is 25.9. The lowest BCUT2D eigenvalue weighted by Crippen LogP contribution is -2.30. The van der Waals surface area contributed by atoms with Crippen molar-refractivity contribution in [2.24, 2.45) is 0 Å². The number of carbonyl (C=O) groups excluding carboxylic acids is 3. The molecule has 6 heteroatoms. The molecule has 0 amide bonds. The van der Waals surface area contributed by atoms with E-state index in [1.165, 1.54) is 57.8 Å². The highest BCUT2D eigenvalue weighted by molar-refractivity contribution is 5.71. The van der Waals surface area contributed by atoms with Crippen LogP contribution in [0.25, 0.3) is 0 Å². The molecule has 6 nitrogen and oxygen atoms in total. The molecule has 0 atom stereocenters. The zero-order chi connectivity index (χ0) is 50.3. The van der Waals surface area contributed by atoms with Gasteiger partial charge in [0.05, 0.1) is 6.85 Å². The van der Waals surface area contributed by atoms with Gasteiger partial charge in [0.25, 0.3) is 0 Å². The maximum absolute atomic E-state index is 13.1. The maximum Gasteiger partial charge on any atom is 0.306 e. The van der Waals surface area contributed by atoms with Gasteiger partial charge in [0.15, 0.2) is 6.08 Å². The van der Waals surface area contributed by atoms with Crippen molar-refractivity contribution in [1.82, 2.24) is 0 Å². The number of esters is 3. The van der Waals surface area contributed by atoms with Crippen molar-refractivity contribution in [3.63, 3.8) is 0 Å². The van der Waals surface area contributed by atoms with Crippen molar-refractivity contribution in [2.45, 2.75) is 258 Å². The fourth-order valence-electron chi connectivity index (χ4n) is 6.78. The van der Waals surface area contributed by atoms with Gasteiger partial charge in [-0.25, -0.2) is 0 Å². The van der Waals surface area contributed by atoms with E-state index in [-0.39, 0.29) is 19.3 Å². The van der Waals surface area contributed by atoms with E-state index in [4.69, 9.17) is 21.1 Å². The summed E-state index contributed by atoms with van der Waals surface area (Å²) < 4.78 is 58.8. The maximum atomic E-state index is 13.1. The highest BCUT2D eigenvalue weighted by Crippen LogP contribution is 2.13. The topological polar surface area (TPSA) is 78.9 Å². The molecular weight excluding hydrogens is 781 g/mol. The second kappa shape index (κ2) is 51.5. The van der Waals surface area contributed by atoms with Gasteiger partial charge in [-0.15, -0.1) is 0 Å². The Labute approximate surface area is 396 Å². The second-order valence-corrected chi connectivity index (χ2v) is 16.9. The number of hydrogen-bond donors (Lipinski definition) is 0. The van der Waals surface area contributed by atoms with E-state index in [9.17, 15) is 14.4 Å². The summed E-state index contributed by atoms with van der Waals surface area (Å²) in [5, 5.41) is 0. The smallest absolute Gasteiger partial charge is 0.306 e. The van der Waals surface area contributed by atoms with Crippen molar-refractivity contribution >= 4 is 17.9 Å². The molecule has 0 radical (unpaired) electrons. The minimum Gasteiger partial charge on any atom is -0.462 e. The SMILES string of the molecule is [2H]C([2H])(OC(=O)CCCCCCC/C=C/C/C=C/CCCCC)C([2H])(OC(=O)CCCCCCC/C=C/C/C=C/CCCCC)C([2H])([2H])OC(=O)CCCCCCC/C=C/C/C=C/CCCCC. The van der Waals surface area contributed by atoms with E-state index in [2.05, 4.69) is 93.7 Å². The van der Waals surface area contributed by atoms with E-state index in [0.717, 1.165) is 116 Å². The summed E-state index contributed by atoms with van der Waals surface area (Å²) in [6.45, 7) is -0.327. The molecule has 0 spiro atoms. The van der Waals surface area contributed by atoms with Crippen molar-refractivity contribution in [3.8, 4) is 0 Å². The fraction of sp³-hybridized carbons (Fsp3) is 0.737. The van der Waals surface area contributed by atoms with E-state index in [1.807, 2.05) is 0 Å². The summed E-state index contributed by atoms with van der Waals surface area (Å²) in [5.74, 6) is -3.02. The predicted octanol–water partition coefficient (Wildman–Crippen LogP) is 17.4. The second-order valence-electron chi connectivity index (χ2n) is 16.9. The van der Waals surface area contributed by atoms with Crippen LogP contribution >= 0.6 is 0 Å². The van der Waals surface area contributed by atoms with Gasteiger partial charge in [0.2, 0.25) is 0 Å². The van der Waals surface area contributed by atoms with Crippen LogP contribution in [0, 0.1) is 0 Å². The lowest BCUT2D eigenvalue weighted by Gasteiger charge is -2.18. The molecule has 0 aromatic rings. The number of rotatable bonds is 47. The van der Waals surface area contributed by atoms with Crippen LogP contribution in [0.15, 0.2) is 72.9 Å². The Bertz CT molecular complexity index is 1350. The fourth-order valence-corrected chi connectivity index (χ4v) is 6.78. The lowest BCUT2D eigenvalue weighted by molar-refractivity contribution is -0.167. The lowest BCUT2D eigenvalue weighted by atomic mass is 10.1. The molecule has 0 bridgehead atoms. The number of carbonyl (C=O) groups is 3. The van der Waals surface area contributed by atoms with Crippen LogP contribution in [-0.4, -0.2) is 37.1 Å². The van der Waals surface area contributed by atoms with E-state index >= 15 is 0 Å². The Kier molecular flexibility index (Phi) is 41.5. The van der Waals surface area contributed by atoms with Crippen molar-refractivity contribution in [3.05, 3.63) is 72.9 Å². The van der Waals surface area contributed by atoms with Crippen LogP contribution in [0.1, 0.15) is 259 Å². The Morgan fingerprint density at radius 2 is 0.619 bits per heavy atom. The molecule has 0 N–H and O–H groups in total. The molecule has 63 heavy (non-hydrogen) atoms. The van der Waals surface area contributed by atoms with E-state index in [0.29, 0.717) is 38.5 Å². The molecule has 0 unspecified atom stereocenters. The molecule has 362 valence electrons. The summed E-state index contributed by atoms with van der Waals surface area (Å²) in [5.41, 5.74) is 0. The van der Waals surface area contributed by atoms with Gasteiger partial charge >= 0.3 is 17.9 Å². The molecule has 0 rings (SSSR count). The molecule has 0 aliphatic rings. The molecule has 0 saturated carbocycles. The first kappa shape index (κ1) is 50.8. The molecule has 0 aromatic carbocycles. The molecular formula is C57H98O6. The zero-order valence-electron chi connectivity index (χ0n) is 45.8. The third-order valence-corrected chi connectivity index (χ3v) is 10.7. The molecule has 0 aliphatic heterocycles. The van der Waals surface area contributed by atoms with Crippen LogP contribution in [0.5, 0.6) is 0 Å². The van der Waals surface area contributed by atoms with E-state index in [1.54, 1.807) is 0 Å². The van der Waals surface area contributed by atoms with Gasteiger partial charge in [-0.1, -0.05) is 190 Å². The number of ether oxygens (including phenoxy) is 3. The third kappa shape index (κ3) is 49.7. The number of unbranched alkanes of at least 4 members (excludes halogenated alkanes) is 24. The minimum absolute atomic E-state index is 0.157. The van der Waals surface area contributed by atoms with Crippen molar-refractivity contribution < 1.29 is 35.4 Å². The summed E-state index contributed by atoms with van der Waals surface area (Å²) in [4.78, 5) is 39.0. The van der Waals surface area contributed by atoms with Crippen LogP contribution in [0.2, 0.25) is 0 Å². The quantitative estimate of drug-likeness (QED) is 0.0262. The van der Waals surface area contributed by atoms with Crippen LogP contribution in [0.4, 0.5) is 0 Å². The standard InChI is InChI=1S/C57H98O6/c1-4-7-10-13-16-19-22-25-28-31-34-37-40-43-46-49-55(58)61-52-54(63-57(60)51-48-45-42-39-36-33-30-27-24-21-18-15-12-9-6-3)53-62-56(59)50-47-44-41-38-35-32-29-26-23-20-17-14-11-8-5-2/h16-21,25-30,54H,4-15,22-24,31-53H2,1-3H3/b19-16+,20-17+,21-18+,28-25+,29-26+,30-27+/i52D2,53D2,54D. The summed E-state index contributed by atoms with van der Waals surface area (Å²) in [6, 6.07) is 0. The minimum atomic E-state index is -3.52. The van der Waals surface area contributed by atoms with Crippen molar-refractivity contribution in [1.29, 1.82) is 0 Å². The van der Waals surface area contributed by atoms with Gasteiger partial charge in [0.1, 0.15) is 13.1 Å². The first-order chi connectivity index (χ1) is 32.9. The summed E-state index contributed by atoms with van der Waals surface area (Å²) in [7, 11) is 0. The molecule has 0 heterocycles. The molecule has 0 aliphatic carbocycles. The Morgan fingerprint density at radius 3 is 0.921 bits per heavy atom. The van der Waals surface area contributed by atoms with Crippen LogP contribution in [0.3, 0.4) is 0 Å². The highest BCUT2D eigenvalue weighted by Gasteiger charge is 2.19. The first-order valence-electron chi connectivity index (χ1n) is 28.4. The van der Waals surface area contributed by atoms with Crippen molar-refractivity contribution in [2.75, 3.05) is 13.1 Å². The van der Waals surface area contributed by atoms with Crippen LogP contribution < -0.4 is 0 Å². The molecule has 0 fully saturated rings. The number of hydrogen-bond acceptors (Lipinski definition) is 6. The Hall–Kier alpha value is -3.15. The molecule has 0 saturated heterocycles. The van der Waals surface area contributed by atoms with Gasteiger partial charge in [-0.2, -0.15) is 0 Å². The predicted molar refractivity (Wildman–Crippen MR) is 270 cm³/mol. The third-order valence-electron chi connectivity index (χ3n) is 10.7. The number of allylic oxidation sites excluding steroid dienone is 12. The van der Waals surface area contributed by atoms with Crippen LogP contribution in [-0.2, 0) is 28.6 Å². The summed E-state index contributed by atoms with van der Waals surface area (Å²) in [6.07, 6.45) is 54.8. The van der Waals surface area contributed by atoms with Gasteiger partial charge < -0.3 is 14.2 Å². The average Bonchev–Trinajstić information content (AvgIpc) is 3.29. The monoisotopic (exact) mass is 884 g/mol. The normalized spacial score (nSPS) is 14.0. The van der Waals surface area contributed by atoms with Gasteiger partial charge in [0, 0.05) is 19.3 Å². The van der Waals surface area contributed by atoms with E-state index < -0.39 is 37.1 Å². The zero-order valence-corrected chi connectivity index (χ0v) is 40.8. The van der Waals surface area contributed by atoms with Gasteiger partial charge in [-0.3, -0.25) is 14.4 Å². The Morgan fingerprint density at radius 1 is 0.365 bits per heavy atom. The largest absolute Gasteiger partial charge is 0.462 e. The van der Waals surface area contributed by atoms with Gasteiger partial charge in [-0.05, 0) is 116 Å².